The molecule has 0 amide bonds. The zero-order valence-corrected chi connectivity index (χ0v) is 11.4. The summed E-state index contributed by atoms with van der Waals surface area (Å²) in [4.78, 5) is 0. The fourth-order valence-corrected chi connectivity index (χ4v) is 2.32. The minimum Gasteiger partial charge on any atom is -0.409 e. The molecule has 1 aromatic carbocycles. The van der Waals surface area contributed by atoms with Crippen molar-refractivity contribution in [3.8, 4) is 0 Å². The Balaban J connectivity index is 3.07. The normalized spacial score (nSPS) is 12.5. The number of nitrogens with two attached hydrogens (primary N) is 1. The molecule has 4 N–H and O–H groups in total. The fourth-order valence-electron chi connectivity index (χ4n) is 1.05. The summed E-state index contributed by atoms with van der Waals surface area (Å²) in [5, 5.41) is 11.4. The average molecular weight is 322 g/mol. The van der Waals surface area contributed by atoms with Crippen LogP contribution in [0.15, 0.2) is 27.8 Å². The minimum atomic E-state index is -3.32. The molecule has 0 aliphatic heterocycles. The van der Waals surface area contributed by atoms with Crippen molar-refractivity contribution in [2.75, 3.05) is 10.5 Å². The molecule has 0 unspecified atom stereocenters. The van der Waals surface area contributed by atoms with Crippen molar-refractivity contribution < 1.29 is 13.6 Å². The summed E-state index contributed by atoms with van der Waals surface area (Å²) < 4.78 is 25.7. The van der Waals surface area contributed by atoms with Crippen molar-refractivity contribution in [3.63, 3.8) is 0 Å². The second kappa shape index (κ2) is 5.37. The van der Waals surface area contributed by atoms with E-state index in [-0.39, 0.29) is 11.6 Å². The van der Waals surface area contributed by atoms with Gasteiger partial charge < -0.3 is 10.9 Å². The molecule has 0 heterocycles. The third-order valence-corrected chi connectivity index (χ3v) is 3.97. The van der Waals surface area contributed by atoms with E-state index in [1.54, 1.807) is 19.1 Å². The van der Waals surface area contributed by atoms with Crippen molar-refractivity contribution in [1.29, 1.82) is 0 Å². The first-order valence-corrected chi connectivity index (χ1v) is 7.12. The summed E-state index contributed by atoms with van der Waals surface area (Å²) >= 11 is 3.21. The van der Waals surface area contributed by atoms with Crippen LogP contribution in [0.4, 0.5) is 5.69 Å². The second-order valence-corrected chi connectivity index (χ2v) is 6.05. The largest absolute Gasteiger partial charge is 0.409 e. The van der Waals surface area contributed by atoms with E-state index < -0.39 is 10.0 Å². The maximum atomic E-state index is 11.4. The van der Waals surface area contributed by atoms with Gasteiger partial charge in [-0.2, -0.15) is 0 Å². The van der Waals surface area contributed by atoms with Gasteiger partial charge in [0, 0.05) is 10.0 Å². The molecule has 0 aliphatic rings. The molecular formula is C9H12BrN3O3S. The van der Waals surface area contributed by atoms with Gasteiger partial charge in [0.2, 0.25) is 10.0 Å². The van der Waals surface area contributed by atoms with Crippen LogP contribution in [0.25, 0.3) is 0 Å². The molecule has 0 atom stereocenters. The van der Waals surface area contributed by atoms with Crippen LogP contribution in [0.1, 0.15) is 12.5 Å². The standard InChI is InChI=1S/C9H12BrN3O3S/c1-2-17(15,16)13-8-4-3-6(5-7(8)10)9(11)12-14/h3-5,13-14H,2H2,1H3,(H2,11,12). The summed E-state index contributed by atoms with van der Waals surface area (Å²) in [7, 11) is -3.32. The highest BCUT2D eigenvalue weighted by Gasteiger charge is 2.10. The Morgan fingerprint density at radius 2 is 2.24 bits per heavy atom. The number of amidine groups is 1. The van der Waals surface area contributed by atoms with Crippen LogP contribution in [0.2, 0.25) is 0 Å². The Morgan fingerprint density at radius 1 is 1.59 bits per heavy atom. The highest BCUT2D eigenvalue weighted by atomic mass is 79.9. The molecule has 17 heavy (non-hydrogen) atoms. The summed E-state index contributed by atoms with van der Waals surface area (Å²) in [6, 6.07) is 4.64. The Morgan fingerprint density at radius 3 is 2.71 bits per heavy atom. The number of hydrogen-bond acceptors (Lipinski definition) is 4. The lowest BCUT2D eigenvalue weighted by Gasteiger charge is -2.09. The number of oxime groups is 1. The predicted molar refractivity (Wildman–Crippen MR) is 69.7 cm³/mol. The first kappa shape index (κ1) is 13.8. The summed E-state index contributed by atoms with van der Waals surface area (Å²) in [5.74, 6) is -0.0582. The van der Waals surface area contributed by atoms with Crippen LogP contribution in [0.5, 0.6) is 0 Å². The van der Waals surface area contributed by atoms with E-state index >= 15 is 0 Å². The smallest absolute Gasteiger partial charge is 0.232 e. The van der Waals surface area contributed by atoms with Gasteiger partial charge in [0.05, 0.1) is 11.4 Å². The Hall–Kier alpha value is -1.28. The van der Waals surface area contributed by atoms with E-state index in [0.717, 1.165) is 0 Å². The average Bonchev–Trinajstić information content (AvgIpc) is 2.30. The SMILES string of the molecule is CCS(=O)(=O)Nc1ccc(/C(N)=N/O)cc1Br. The van der Waals surface area contributed by atoms with Crippen molar-refractivity contribution in [2.24, 2.45) is 10.9 Å². The third kappa shape index (κ3) is 3.60. The van der Waals surface area contributed by atoms with Crippen molar-refractivity contribution in [1.82, 2.24) is 0 Å². The molecule has 6 nitrogen and oxygen atoms in total. The van der Waals surface area contributed by atoms with E-state index in [4.69, 9.17) is 10.9 Å². The molecule has 1 aromatic rings. The number of nitrogens with one attached hydrogen (secondary N) is 1. The molecule has 1 rings (SSSR count). The zero-order chi connectivity index (χ0) is 13.1. The molecule has 8 heteroatoms. The minimum absolute atomic E-state index is 0.0125. The van der Waals surface area contributed by atoms with Crippen LogP contribution in [0, 0.1) is 0 Å². The molecule has 0 spiro atoms. The lowest BCUT2D eigenvalue weighted by atomic mass is 10.2. The highest BCUT2D eigenvalue weighted by molar-refractivity contribution is 9.10. The molecule has 0 fully saturated rings. The van der Waals surface area contributed by atoms with E-state index in [2.05, 4.69) is 25.8 Å². The van der Waals surface area contributed by atoms with Gasteiger partial charge >= 0.3 is 0 Å². The van der Waals surface area contributed by atoms with Crippen LogP contribution >= 0.6 is 15.9 Å². The number of anilines is 1. The summed E-state index contributed by atoms with van der Waals surface area (Å²) in [6.45, 7) is 1.54. The van der Waals surface area contributed by atoms with Crippen molar-refractivity contribution in [2.45, 2.75) is 6.92 Å². The maximum Gasteiger partial charge on any atom is 0.232 e. The Labute approximate surface area is 108 Å². The molecule has 0 saturated carbocycles. The first-order valence-electron chi connectivity index (χ1n) is 4.67. The van der Waals surface area contributed by atoms with E-state index in [0.29, 0.717) is 15.7 Å². The molecule has 0 bridgehead atoms. The monoisotopic (exact) mass is 321 g/mol. The molecule has 0 aromatic heterocycles. The summed E-state index contributed by atoms with van der Waals surface area (Å²) in [6.07, 6.45) is 0. The fraction of sp³-hybridized carbons (Fsp3) is 0.222. The lowest BCUT2D eigenvalue weighted by Crippen LogP contribution is -2.16. The van der Waals surface area contributed by atoms with E-state index in [1.807, 2.05) is 0 Å². The van der Waals surface area contributed by atoms with E-state index in [1.165, 1.54) is 6.07 Å². The molecule has 0 radical (unpaired) electrons. The highest BCUT2D eigenvalue weighted by Crippen LogP contribution is 2.24. The van der Waals surface area contributed by atoms with Gasteiger partial charge in [-0.3, -0.25) is 4.72 Å². The van der Waals surface area contributed by atoms with E-state index in [9.17, 15) is 8.42 Å². The number of nitrogens with zero attached hydrogens (tertiary/aromatic N) is 1. The zero-order valence-electron chi connectivity index (χ0n) is 9.01. The first-order chi connectivity index (χ1) is 7.89. The second-order valence-electron chi connectivity index (χ2n) is 3.19. The predicted octanol–water partition coefficient (Wildman–Crippen LogP) is 1.31. The number of halogens is 1. The Bertz CT molecular complexity index is 542. The van der Waals surface area contributed by atoms with Gasteiger partial charge in [0.1, 0.15) is 0 Å². The number of hydrogen-bond donors (Lipinski definition) is 3. The van der Waals surface area contributed by atoms with Gasteiger partial charge in [0.15, 0.2) is 5.84 Å². The van der Waals surface area contributed by atoms with Crippen LogP contribution in [-0.4, -0.2) is 25.2 Å². The van der Waals surface area contributed by atoms with Gasteiger partial charge in [-0.05, 0) is 41.1 Å². The van der Waals surface area contributed by atoms with Crippen molar-refractivity contribution >= 4 is 37.5 Å². The maximum absolute atomic E-state index is 11.4. The quantitative estimate of drug-likeness (QED) is 0.336. The number of rotatable bonds is 4. The third-order valence-electron chi connectivity index (χ3n) is 2.02. The topological polar surface area (TPSA) is 105 Å². The van der Waals surface area contributed by atoms with Gasteiger partial charge in [-0.25, -0.2) is 8.42 Å². The van der Waals surface area contributed by atoms with Crippen molar-refractivity contribution in [3.05, 3.63) is 28.2 Å². The van der Waals surface area contributed by atoms with Gasteiger partial charge in [-0.15, -0.1) is 0 Å². The molecular weight excluding hydrogens is 310 g/mol. The van der Waals surface area contributed by atoms with Gasteiger partial charge in [0.25, 0.3) is 0 Å². The lowest BCUT2D eigenvalue weighted by molar-refractivity contribution is 0.318. The molecule has 0 saturated heterocycles. The molecule has 0 aliphatic carbocycles. The van der Waals surface area contributed by atoms with Crippen LogP contribution < -0.4 is 10.5 Å². The summed E-state index contributed by atoms with van der Waals surface area (Å²) in [5.41, 5.74) is 6.30. The van der Waals surface area contributed by atoms with Crippen LogP contribution in [-0.2, 0) is 10.0 Å². The molecule has 94 valence electrons. The number of benzene rings is 1. The Kier molecular flexibility index (Phi) is 4.35. The number of sulfonamides is 1. The van der Waals surface area contributed by atoms with Gasteiger partial charge in [-0.1, -0.05) is 5.16 Å². The van der Waals surface area contributed by atoms with Crippen LogP contribution in [0.3, 0.4) is 0 Å².